The van der Waals surface area contributed by atoms with Crippen molar-refractivity contribution in [2.45, 2.75) is 27.2 Å². The molecule has 3 aromatic rings. The third-order valence-corrected chi connectivity index (χ3v) is 5.36. The van der Waals surface area contributed by atoms with E-state index >= 15 is 0 Å². The molecule has 0 aromatic heterocycles. The lowest BCUT2D eigenvalue weighted by Crippen LogP contribution is -2.35. The smallest absolute Gasteiger partial charge is 0.261 e. The number of para-hydroxylation sites is 2. The molecule has 0 saturated carbocycles. The van der Waals surface area contributed by atoms with Gasteiger partial charge >= 0.3 is 0 Å². The Morgan fingerprint density at radius 2 is 1.50 bits per heavy atom. The first-order valence-corrected chi connectivity index (χ1v) is 12.3. The Labute approximate surface area is 217 Å². The normalized spacial score (nSPS) is 10.4. The number of nitrogens with one attached hydrogen (secondary N) is 3. The second kappa shape index (κ2) is 13.3. The van der Waals surface area contributed by atoms with Gasteiger partial charge in [-0.05, 0) is 80.0 Å². The van der Waals surface area contributed by atoms with Gasteiger partial charge in [-0.3, -0.25) is 14.9 Å². The maximum Gasteiger partial charge on any atom is 0.261 e. The Kier molecular flexibility index (Phi) is 9.82. The summed E-state index contributed by atoms with van der Waals surface area (Å²) in [5.41, 5.74) is 1.85. The molecule has 0 radical (unpaired) electrons. The molecule has 0 aliphatic heterocycles. The average molecular weight is 506 g/mol. The minimum absolute atomic E-state index is 0.0679. The molecular weight excluding hydrogens is 474 g/mol. The van der Waals surface area contributed by atoms with E-state index in [1.54, 1.807) is 66.7 Å². The van der Waals surface area contributed by atoms with E-state index in [9.17, 15) is 9.59 Å². The van der Waals surface area contributed by atoms with Crippen LogP contribution in [0.4, 0.5) is 11.4 Å². The molecule has 0 aliphatic rings. The van der Waals surface area contributed by atoms with Crippen molar-refractivity contribution < 1.29 is 19.1 Å². The molecule has 3 N–H and O–H groups in total. The maximum absolute atomic E-state index is 12.9. The van der Waals surface area contributed by atoms with E-state index < -0.39 is 5.91 Å². The Hall–Kier alpha value is -3.91. The van der Waals surface area contributed by atoms with E-state index in [1.807, 2.05) is 13.0 Å². The minimum Gasteiger partial charge on any atom is -0.494 e. The molecular formula is C28H31N3O4S. The first kappa shape index (κ1) is 26.7. The zero-order valence-electron chi connectivity index (χ0n) is 20.7. The number of ether oxygens (including phenoxy) is 2. The molecule has 2 amide bonds. The molecule has 188 valence electrons. The van der Waals surface area contributed by atoms with Crippen molar-refractivity contribution in [2.75, 3.05) is 23.8 Å². The molecule has 0 atom stereocenters. The quantitative estimate of drug-likeness (QED) is 0.298. The summed E-state index contributed by atoms with van der Waals surface area (Å²) in [6, 6.07) is 21.1. The van der Waals surface area contributed by atoms with E-state index in [0.29, 0.717) is 47.4 Å². The zero-order valence-corrected chi connectivity index (χ0v) is 21.5. The van der Waals surface area contributed by atoms with Crippen molar-refractivity contribution in [3.8, 4) is 11.5 Å². The van der Waals surface area contributed by atoms with Gasteiger partial charge < -0.3 is 20.1 Å². The molecule has 0 aliphatic carbocycles. The van der Waals surface area contributed by atoms with Crippen molar-refractivity contribution in [1.29, 1.82) is 0 Å². The van der Waals surface area contributed by atoms with Crippen molar-refractivity contribution in [2.24, 2.45) is 5.92 Å². The van der Waals surface area contributed by atoms with Gasteiger partial charge in [0.25, 0.3) is 11.8 Å². The van der Waals surface area contributed by atoms with E-state index in [2.05, 4.69) is 29.8 Å². The lowest BCUT2D eigenvalue weighted by molar-refractivity contribution is 0.0972. The molecule has 8 heteroatoms. The van der Waals surface area contributed by atoms with Crippen LogP contribution in [0.15, 0.2) is 72.8 Å². The number of hydrogen-bond acceptors (Lipinski definition) is 5. The summed E-state index contributed by atoms with van der Waals surface area (Å²) in [4.78, 5) is 25.8. The number of anilines is 2. The number of thiocarbonyl (C=S) groups is 1. The SMILES string of the molecule is CCOc1ccc(NC(=O)c2ccccc2NC(=S)NC(=O)c2ccccc2OCCC(C)C)cc1. The predicted molar refractivity (Wildman–Crippen MR) is 147 cm³/mol. The van der Waals surface area contributed by atoms with Gasteiger partial charge in [0, 0.05) is 5.69 Å². The minimum atomic E-state index is -0.399. The third kappa shape index (κ3) is 7.81. The Morgan fingerprint density at radius 3 is 2.19 bits per heavy atom. The van der Waals surface area contributed by atoms with Gasteiger partial charge in [-0.15, -0.1) is 0 Å². The Morgan fingerprint density at radius 1 is 0.833 bits per heavy atom. The van der Waals surface area contributed by atoms with Crippen LogP contribution in [0.1, 0.15) is 47.9 Å². The molecule has 0 spiro atoms. The second-order valence-electron chi connectivity index (χ2n) is 8.39. The van der Waals surface area contributed by atoms with Crippen LogP contribution >= 0.6 is 12.2 Å². The zero-order chi connectivity index (χ0) is 25.9. The van der Waals surface area contributed by atoms with Crippen LogP contribution in [0.2, 0.25) is 0 Å². The van der Waals surface area contributed by atoms with Crippen LogP contribution < -0.4 is 25.4 Å². The summed E-state index contributed by atoms with van der Waals surface area (Å²) >= 11 is 5.36. The van der Waals surface area contributed by atoms with E-state index in [4.69, 9.17) is 21.7 Å². The van der Waals surface area contributed by atoms with Gasteiger partial charge in [0.2, 0.25) is 0 Å². The van der Waals surface area contributed by atoms with Gasteiger partial charge in [-0.25, -0.2) is 0 Å². The van der Waals surface area contributed by atoms with E-state index in [1.165, 1.54) is 0 Å². The van der Waals surface area contributed by atoms with Gasteiger partial charge in [-0.2, -0.15) is 0 Å². The molecule has 36 heavy (non-hydrogen) atoms. The number of rotatable bonds is 10. The van der Waals surface area contributed by atoms with Crippen molar-refractivity contribution >= 4 is 40.5 Å². The van der Waals surface area contributed by atoms with Crippen LogP contribution in [0, 0.1) is 5.92 Å². The number of carbonyl (C=O) groups excluding carboxylic acids is 2. The average Bonchev–Trinajstić information content (AvgIpc) is 2.85. The molecule has 0 fully saturated rings. The van der Waals surface area contributed by atoms with E-state index in [-0.39, 0.29) is 11.0 Å². The van der Waals surface area contributed by atoms with Gasteiger partial charge in [0.15, 0.2) is 5.11 Å². The first-order valence-electron chi connectivity index (χ1n) is 11.8. The highest BCUT2D eigenvalue weighted by Crippen LogP contribution is 2.21. The summed E-state index contributed by atoms with van der Waals surface area (Å²) in [7, 11) is 0. The van der Waals surface area contributed by atoms with Crippen molar-refractivity contribution in [3.63, 3.8) is 0 Å². The van der Waals surface area contributed by atoms with Crippen molar-refractivity contribution in [3.05, 3.63) is 83.9 Å². The molecule has 0 unspecified atom stereocenters. The summed E-state index contributed by atoms with van der Waals surface area (Å²) in [6.45, 7) is 7.22. The maximum atomic E-state index is 12.9. The highest BCUT2D eigenvalue weighted by molar-refractivity contribution is 7.80. The second-order valence-corrected chi connectivity index (χ2v) is 8.80. The van der Waals surface area contributed by atoms with Gasteiger partial charge in [0.05, 0.1) is 30.0 Å². The van der Waals surface area contributed by atoms with Crippen LogP contribution in [-0.2, 0) is 0 Å². The summed E-state index contributed by atoms with van der Waals surface area (Å²) in [5.74, 6) is 0.998. The lowest BCUT2D eigenvalue weighted by Gasteiger charge is -2.15. The standard InChI is InChI=1S/C28H31N3O4S/c1-4-34-21-15-13-20(14-16-21)29-26(32)22-9-5-7-11-24(22)30-28(36)31-27(33)23-10-6-8-12-25(23)35-18-17-19(2)3/h5-16,19H,4,17-18H2,1-3H3,(H,29,32)(H2,30,31,33,36). The highest BCUT2D eigenvalue weighted by Gasteiger charge is 2.16. The van der Waals surface area contributed by atoms with Gasteiger partial charge in [0.1, 0.15) is 11.5 Å². The molecule has 0 bridgehead atoms. The number of carbonyl (C=O) groups is 2. The Balaban J connectivity index is 1.65. The molecule has 3 aromatic carbocycles. The topological polar surface area (TPSA) is 88.7 Å². The number of benzene rings is 3. The van der Waals surface area contributed by atoms with Crippen molar-refractivity contribution in [1.82, 2.24) is 5.32 Å². The monoisotopic (exact) mass is 505 g/mol. The fourth-order valence-electron chi connectivity index (χ4n) is 3.30. The summed E-state index contributed by atoms with van der Waals surface area (Å²) in [6.07, 6.45) is 0.880. The highest BCUT2D eigenvalue weighted by atomic mass is 32.1. The number of hydrogen-bond donors (Lipinski definition) is 3. The van der Waals surface area contributed by atoms with Crippen LogP contribution in [0.3, 0.4) is 0 Å². The first-order chi connectivity index (χ1) is 17.4. The van der Waals surface area contributed by atoms with Crippen LogP contribution in [0.25, 0.3) is 0 Å². The fourth-order valence-corrected chi connectivity index (χ4v) is 3.50. The molecule has 0 saturated heterocycles. The predicted octanol–water partition coefficient (Wildman–Crippen LogP) is 5.89. The number of amides is 2. The summed E-state index contributed by atoms with van der Waals surface area (Å²) < 4.78 is 11.2. The third-order valence-electron chi connectivity index (χ3n) is 5.15. The van der Waals surface area contributed by atoms with E-state index in [0.717, 1.165) is 12.2 Å². The van der Waals surface area contributed by atoms with Crippen LogP contribution in [0.5, 0.6) is 11.5 Å². The molecule has 7 nitrogen and oxygen atoms in total. The molecule has 3 rings (SSSR count). The summed E-state index contributed by atoms with van der Waals surface area (Å²) in [5, 5.41) is 8.56. The Bertz CT molecular complexity index is 1200. The van der Waals surface area contributed by atoms with Gasteiger partial charge in [-0.1, -0.05) is 38.1 Å². The van der Waals surface area contributed by atoms with Crippen LogP contribution in [-0.4, -0.2) is 30.1 Å². The lowest BCUT2D eigenvalue weighted by atomic mass is 10.1. The fraction of sp³-hybridized carbons (Fsp3) is 0.250. The largest absolute Gasteiger partial charge is 0.494 e. The molecule has 0 heterocycles.